The van der Waals surface area contributed by atoms with E-state index in [9.17, 15) is 0 Å². The van der Waals surface area contributed by atoms with E-state index in [0.717, 1.165) is 49.0 Å². The largest absolute Gasteiger partial charge is 0.497 e. The lowest BCUT2D eigenvalue weighted by atomic mass is 9.97. The Kier molecular flexibility index (Phi) is 5.46. The Labute approximate surface area is 169 Å². The van der Waals surface area contributed by atoms with Crippen LogP contribution < -0.4 is 19.7 Å². The molecule has 1 unspecified atom stereocenters. The first kappa shape index (κ1) is 19.0. The number of ether oxygens (including phenoxy) is 2. The summed E-state index contributed by atoms with van der Waals surface area (Å²) in [5.41, 5.74) is 0.813. The van der Waals surface area contributed by atoms with Crippen LogP contribution in [0.25, 0.3) is 0 Å². The number of aromatic nitrogens is 5. The molecule has 2 aromatic heterocycles. The Balaban J connectivity index is 1.52. The molecule has 0 radical (unpaired) electrons. The van der Waals surface area contributed by atoms with Crippen LogP contribution in [0.5, 0.6) is 11.5 Å². The number of anilines is 3. The van der Waals surface area contributed by atoms with Gasteiger partial charge in [0.25, 0.3) is 0 Å². The van der Waals surface area contributed by atoms with Gasteiger partial charge in [0.2, 0.25) is 0 Å². The Hall–Kier alpha value is -3.36. The zero-order valence-corrected chi connectivity index (χ0v) is 16.9. The van der Waals surface area contributed by atoms with Crippen LogP contribution in [0.2, 0.25) is 0 Å². The summed E-state index contributed by atoms with van der Waals surface area (Å²) < 4.78 is 12.7. The van der Waals surface area contributed by atoms with Crippen molar-refractivity contribution >= 4 is 17.3 Å². The highest BCUT2D eigenvalue weighted by Gasteiger charge is 2.25. The molecular weight excluding hydrogens is 370 g/mol. The molecule has 1 N–H and O–H groups in total. The smallest absolute Gasteiger partial charge is 0.146 e. The van der Waals surface area contributed by atoms with E-state index >= 15 is 0 Å². The van der Waals surface area contributed by atoms with Gasteiger partial charge in [-0.25, -0.2) is 9.97 Å². The van der Waals surface area contributed by atoms with Crippen molar-refractivity contribution in [3.8, 4) is 11.5 Å². The minimum absolute atomic E-state index is 0.337. The van der Waals surface area contributed by atoms with Crippen molar-refractivity contribution in [2.75, 3.05) is 37.5 Å². The second-order valence-corrected chi connectivity index (χ2v) is 7.04. The van der Waals surface area contributed by atoms with E-state index in [1.54, 1.807) is 26.9 Å². The summed E-state index contributed by atoms with van der Waals surface area (Å²) in [6.07, 6.45) is 5.52. The van der Waals surface area contributed by atoms with Crippen molar-refractivity contribution in [2.45, 2.75) is 18.8 Å². The Morgan fingerprint density at radius 1 is 1.14 bits per heavy atom. The summed E-state index contributed by atoms with van der Waals surface area (Å²) in [5.74, 6) is 4.37. The predicted molar refractivity (Wildman–Crippen MR) is 110 cm³/mol. The van der Waals surface area contributed by atoms with Crippen molar-refractivity contribution < 1.29 is 9.47 Å². The van der Waals surface area contributed by atoms with Gasteiger partial charge in [-0.1, -0.05) is 0 Å². The van der Waals surface area contributed by atoms with E-state index in [2.05, 4.69) is 30.4 Å². The summed E-state index contributed by atoms with van der Waals surface area (Å²) in [7, 11) is 5.25. The average molecular weight is 395 g/mol. The molecule has 9 heteroatoms. The molecule has 9 nitrogen and oxygen atoms in total. The molecule has 4 rings (SSSR count). The van der Waals surface area contributed by atoms with Crippen molar-refractivity contribution in [1.29, 1.82) is 0 Å². The number of methoxy groups -OCH3 is 2. The summed E-state index contributed by atoms with van der Waals surface area (Å²) in [4.78, 5) is 11.1. The second-order valence-electron chi connectivity index (χ2n) is 7.04. The van der Waals surface area contributed by atoms with E-state index < -0.39 is 0 Å². The molecule has 1 atom stereocenters. The first-order valence-corrected chi connectivity index (χ1v) is 9.58. The van der Waals surface area contributed by atoms with Gasteiger partial charge < -0.3 is 24.3 Å². The maximum absolute atomic E-state index is 5.46. The first-order chi connectivity index (χ1) is 14.2. The number of piperidine rings is 1. The molecule has 1 aromatic carbocycles. The fourth-order valence-corrected chi connectivity index (χ4v) is 3.69. The Morgan fingerprint density at radius 2 is 2.03 bits per heavy atom. The molecule has 3 aromatic rings. The minimum atomic E-state index is 0.337. The highest BCUT2D eigenvalue weighted by molar-refractivity contribution is 5.67. The third kappa shape index (κ3) is 4.08. The van der Waals surface area contributed by atoms with E-state index in [0.29, 0.717) is 17.5 Å². The van der Waals surface area contributed by atoms with Crippen LogP contribution in [-0.2, 0) is 7.05 Å². The zero-order valence-electron chi connectivity index (χ0n) is 16.9. The molecule has 0 spiro atoms. The van der Waals surface area contributed by atoms with Crippen LogP contribution in [0, 0.1) is 0 Å². The van der Waals surface area contributed by atoms with Crippen molar-refractivity contribution in [3.05, 3.63) is 42.7 Å². The maximum atomic E-state index is 5.46. The third-order valence-corrected chi connectivity index (χ3v) is 5.18. The molecule has 152 valence electrons. The number of benzene rings is 1. The molecule has 0 saturated carbocycles. The van der Waals surface area contributed by atoms with Gasteiger partial charge in [-0.15, -0.1) is 10.2 Å². The fraction of sp³-hybridized carbons (Fsp3) is 0.400. The maximum Gasteiger partial charge on any atom is 0.146 e. The molecule has 0 aliphatic carbocycles. The number of aryl methyl sites for hydroxylation is 1. The summed E-state index contributed by atoms with van der Waals surface area (Å²) in [6, 6.07) is 7.58. The van der Waals surface area contributed by atoms with Crippen LogP contribution >= 0.6 is 0 Å². The second kappa shape index (κ2) is 8.34. The standard InChI is InChI=1S/C20H25N7O2/c1-26-13-23-25-20(26)14-5-4-8-27(11-14)19-10-18(21-12-22-19)24-16-7-6-15(28-2)9-17(16)29-3/h6-7,9-10,12-14H,4-5,8,11H2,1-3H3,(H,21,22,24). The summed E-state index contributed by atoms with van der Waals surface area (Å²) in [5, 5.41) is 11.6. The molecule has 1 fully saturated rings. The average Bonchev–Trinajstić information content (AvgIpc) is 3.20. The summed E-state index contributed by atoms with van der Waals surface area (Å²) in [6.45, 7) is 1.81. The normalized spacial score (nSPS) is 16.5. The number of nitrogens with one attached hydrogen (secondary N) is 1. The van der Waals surface area contributed by atoms with Crippen LogP contribution in [0.1, 0.15) is 24.6 Å². The van der Waals surface area contributed by atoms with Gasteiger partial charge in [-0.05, 0) is 25.0 Å². The van der Waals surface area contributed by atoms with Gasteiger partial charge in [0, 0.05) is 38.2 Å². The first-order valence-electron chi connectivity index (χ1n) is 9.58. The van der Waals surface area contributed by atoms with Crippen LogP contribution in [-0.4, -0.2) is 52.0 Å². The molecule has 29 heavy (non-hydrogen) atoms. The molecule has 1 saturated heterocycles. The van der Waals surface area contributed by atoms with Crippen LogP contribution in [0.15, 0.2) is 36.9 Å². The summed E-state index contributed by atoms with van der Waals surface area (Å²) >= 11 is 0. The van der Waals surface area contributed by atoms with Crippen molar-refractivity contribution in [2.24, 2.45) is 7.05 Å². The number of nitrogens with zero attached hydrogens (tertiary/aromatic N) is 6. The van der Waals surface area contributed by atoms with E-state index in [1.807, 2.05) is 35.9 Å². The lowest BCUT2D eigenvalue weighted by molar-refractivity contribution is 0.395. The quantitative estimate of drug-likeness (QED) is 0.681. The fourth-order valence-electron chi connectivity index (χ4n) is 3.69. The highest BCUT2D eigenvalue weighted by atomic mass is 16.5. The van der Waals surface area contributed by atoms with Gasteiger partial charge in [0.1, 0.15) is 41.6 Å². The van der Waals surface area contributed by atoms with Crippen molar-refractivity contribution in [3.63, 3.8) is 0 Å². The van der Waals surface area contributed by atoms with Crippen LogP contribution in [0.3, 0.4) is 0 Å². The molecule has 0 amide bonds. The highest BCUT2D eigenvalue weighted by Crippen LogP contribution is 2.32. The molecular formula is C20H25N7O2. The van der Waals surface area contributed by atoms with Crippen molar-refractivity contribution in [1.82, 2.24) is 24.7 Å². The number of hydrogen-bond donors (Lipinski definition) is 1. The predicted octanol–water partition coefficient (Wildman–Crippen LogP) is 2.75. The lowest BCUT2D eigenvalue weighted by Crippen LogP contribution is -2.35. The van der Waals surface area contributed by atoms with E-state index in [1.165, 1.54) is 0 Å². The molecule has 0 bridgehead atoms. The van der Waals surface area contributed by atoms with Gasteiger partial charge in [-0.2, -0.15) is 0 Å². The van der Waals surface area contributed by atoms with E-state index in [4.69, 9.17) is 9.47 Å². The number of rotatable bonds is 6. The van der Waals surface area contributed by atoms with Crippen LogP contribution in [0.4, 0.5) is 17.3 Å². The molecule has 1 aliphatic rings. The van der Waals surface area contributed by atoms with E-state index in [-0.39, 0.29) is 0 Å². The van der Waals surface area contributed by atoms with Gasteiger partial charge in [0.05, 0.1) is 19.9 Å². The minimum Gasteiger partial charge on any atom is -0.497 e. The SMILES string of the molecule is COc1ccc(Nc2cc(N3CCCC(c4nncn4C)C3)ncn2)c(OC)c1. The number of hydrogen-bond acceptors (Lipinski definition) is 8. The van der Waals surface area contributed by atoms with Gasteiger partial charge >= 0.3 is 0 Å². The molecule has 1 aliphatic heterocycles. The third-order valence-electron chi connectivity index (χ3n) is 5.18. The lowest BCUT2D eigenvalue weighted by Gasteiger charge is -2.33. The van der Waals surface area contributed by atoms with Gasteiger partial charge in [0.15, 0.2) is 0 Å². The molecule has 3 heterocycles. The Morgan fingerprint density at radius 3 is 2.79 bits per heavy atom. The topological polar surface area (TPSA) is 90.2 Å². The monoisotopic (exact) mass is 395 g/mol. The zero-order chi connectivity index (χ0) is 20.2. The van der Waals surface area contributed by atoms with Gasteiger partial charge in [-0.3, -0.25) is 0 Å². The Bertz CT molecular complexity index is 975.